The molecule has 1 aliphatic carbocycles. The average molecular weight is 332 g/mol. The molecule has 6 nitrogen and oxygen atoms in total. The van der Waals surface area contributed by atoms with Gasteiger partial charge in [-0.05, 0) is 43.4 Å². The molecule has 0 heterocycles. The van der Waals surface area contributed by atoms with E-state index in [1.54, 1.807) is 0 Å². The number of unbranched alkanes of at least 4 members (excludes halogenated alkanes) is 1. The van der Waals surface area contributed by atoms with Gasteiger partial charge in [0.05, 0.1) is 0 Å². The molecule has 0 aliphatic heterocycles. The maximum absolute atomic E-state index is 11.6. The van der Waals surface area contributed by atoms with Crippen LogP contribution in [-0.2, 0) is 11.2 Å². The van der Waals surface area contributed by atoms with E-state index in [0.29, 0.717) is 17.8 Å². The third kappa shape index (κ3) is 7.35. The molecule has 0 bridgehead atoms. The molecule has 1 aliphatic rings. The molecule has 1 aromatic rings. The number of nitrogens with zero attached hydrogens (tertiary/aromatic N) is 1. The summed E-state index contributed by atoms with van der Waals surface area (Å²) >= 11 is 0. The predicted octanol–water partition coefficient (Wildman–Crippen LogP) is 1.59. The van der Waals surface area contributed by atoms with Crippen LogP contribution in [0.3, 0.4) is 0 Å². The summed E-state index contributed by atoms with van der Waals surface area (Å²) in [6, 6.07) is 8.14. The Morgan fingerprint density at radius 1 is 1.33 bits per heavy atom. The van der Waals surface area contributed by atoms with Gasteiger partial charge in [-0.2, -0.15) is 0 Å². The van der Waals surface area contributed by atoms with Gasteiger partial charge in [-0.3, -0.25) is 9.79 Å². The molecule has 0 radical (unpaired) electrons. The summed E-state index contributed by atoms with van der Waals surface area (Å²) in [6.45, 7) is 3.72. The SMILES string of the molecule is CCCCN=C(N)NCCc1ccc(OCC(=O)NC2CC2)cc1. The van der Waals surface area contributed by atoms with Crippen molar-refractivity contribution in [3.8, 4) is 5.75 Å². The summed E-state index contributed by atoms with van der Waals surface area (Å²) in [7, 11) is 0. The van der Waals surface area contributed by atoms with E-state index in [1.165, 1.54) is 5.56 Å². The molecule has 2 rings (SSSR count). The summed E-state index contributed by atoms with van der Waals surface area (Å²) in [6.07, 6.45) is 5.20. The van der Waals surface area contributed by atoms with E-state index in [1.807, 2.05) is 24.3 Å². The van der Waals surface area contributed by atoms with Crippen LogP contribution in [0.4, 0.5) is 0 Å². The van der Waals surface area contributed by atoms with Gasteiger partial charge in [0.1, 0.15) is 5.75 Å². The lowest BCUT2D eigenvalue weighted by molar-refractivity contribution is -0.123. The van der Waals surface area contributed by atoms with Gasteiger partial charge in [-0.1, -0.05) is 25.5 Å². The number of carbonyl (C=O) groups excluding carboxylic acids is 1. The molecule has 1 aromatic carbocycles. The maximum Gasteiger partial charge on any atom is 0.258 e. The molecule has 24 heavy (non-hydrogen) atoms. The normalized spacial score (nSPS) is 14.3. The number of ether oxygens (including phenoxy) is 1. The topological polar surface area (TPSA) is 88.7 Å². The fourth-order valence-electron chi connectivity index (χ4n) is 2.15. The van der Waals surface area contributed by atoms with Crippen molar-refractivity contribution in [2.45, 2.75) is 45.1 Å². The van der Waals surface area contributed by atoms with Gasteiger partial charge in [0.25, 0.3) is 5.91 Å². The van der Waals surface area contributed by atoms with E-state index in [9.17, 15) is 4.79 Å². The van der Waals surface area contributed by atoms with Crippen molar-refractivity contribution in [3.05, 3.63) is 29.8 Å². The van der Waals surface area contributed by atoms with E-state index in [0.717, 1.165) is 45.2 Å². The van der Waals surface area contributed by atoms with E-state index in [4.69, 9.17) is 10.5 Å². The van der Waals surface area contributed by atoms with Crippen LogP contribution in [0, 0.1) is 0 Å². The lowest BCUT2D eigenvalue weighted by Crippen LogP contribution is -2.33. The first-order valence-electron chi connectivity index (χ1n) is 8.72. The van der Waals surface area contributed by atoms with Gasteiger partial charge in [0, 0.05) is 19.1 Å². The molecule has 0 spiro atoms. The number of rotatable bonds is 10. The Hall–Kier alpha value is -2.24. The lowest BCUT2D eigenvalue weighted by Gasteiger charge is -2.08. The number of amides is 1. The fourth-order valence-corrected chi connectivity index (χ4v) is 2.15. The zero-order chi connectivity index (χ0) is 17.2. The second kappa shape index (κ2) is 9.80. The molecule has 0 aromatic heterocycles. The summed E-state index contributed by atoms with van der Waals surface area (Å²) in [5.41, 5.74) is 6.97. The van der Waals surface area contributed by atoms with E-state index < -0.39 is 0 Å². The number of benzene rings is 1. The van der Waals surface area contributed by atoms with Crippen molar-refractivity contribution in [2.24, 2.45) is 10.7 Å². The number of hydrogen-bond donors (Lipinski definition) is 3. The van der Waals surface area contributed by atoms with Gasteiger partial charge < -0.3 is 21.1 Å². The van der Waals surface area contributed by atoms with E-state index in [-0.39, 0.29) is 12.5 Å². The molecular formula is C18H28N4O2. The fraction of sp³-hybridized carbons (Fsp3) is 0.556. The van der Waals surface area contributed by atoms with Crippen LogP contribution in [0.25, 0.3) is 0 Å². The van der Waals surface area contributed by atoms with Crippen LogP contribution >= 0.6 is 0 Å². The van der Waals surface area contributed by atoms with Crippen molar-refractivity contribution in [2.75, 3.05) is 19.7 Å². The van der Waals surface area contributed by atoms with Crippen LogP contribution in [-0.4, -0.2) is 37.6 Å². The molecule has 6 heteroatoms. The zero-order valence-corrected chi connectivity index (χ0v) is 14.4. The monoisotopic (exact) mass is 332 g/mol. The highest BCUT2D eigenvalue weighted by molar-refractivity contribution is 5.78. The Bertz CT molecular complexity index is 538. The van der Waals surface area contributed by atoms with Gasteiger partial charge in [-0.25, -0.2) is 0 Å². The number of aliphatic imine (C=N–C) groups is 1. The van der Waals surface area contributed by atoms with Crippen molar-refractivity contribution >= 4 is 11.9 Å². The van der Waals surface area contributed by atoms with Gasteiger partial charge in [0.15, 0.2) is 12.6 Å². The second-order valence-electron chi connectivity index (χ2n) is 6.07. The number of nitrogens with two attached hydrogens (primary N) is 1. The minimum absolute atomic E-state index is 0.0522. The van der Waals surface area contributed by atoms with Crippen LogP contribution in [0.5, 0.6) is 5.75 Å². The molecule has 0 unspecified atom stereocenters. The maximum atomic E-state index is 11.6. The third-order valence-corrected chi connectivity index (χ3v) is 3.75. The summed E-state index contributed by atoms with van der Waals surface area (Å²) in [5.74, 6) is 1.16. The lowest BCUT2D eigenvalue weighted by atomic mass is 10.1. The Balaban J connectivity index is 1.64. The number of hydrogen-bond acceptors (Lipinski definition) is 3. The first-order valence-corrected chi connectivity index (χ1v) is 8.72. The Morgan fingerprint density at radius 2 is 2.08 bits per heavy atom. The summed E-state index contributed by atoms with van der Waals surface area (Å²) < 4.78 is 5.48. The highest BCUT2D eigenvalue weighted by Crippen LogP contribution is 2.18. The van der Waals surface area contributed by atoms with Crippen LogP contribution in [0.2, 0.25) is 0 Å². The van der Waals surface area contributed by atoms with Crippen molar-refractivity contribution in [3.63, 3.8) is 0 Å². The molecule has 0 saturated heterocycles. The first kappa shape index (κ1) is 18.1. The second-order valence-corrected chi connectivity index (χ2v) is 6.07. The van der Waals surface area contributed by atoms with Crippen LogP contribution in [0.1, 0.15) is 38.2 Å². The minimum Gasteiger partial charge on any atom is -0.484 e. The molecule has 0 atom stereocenters. The number of guanidine groups is 1. The van der Waals surface area contributed by atoms with Gasteiger partial charge in [0.2, 0.25) is 0 Å². The largest absolute Gasteiger partial charge is 0.484 e. The number of nitrogens with one attached hydrogen (secondary N) is 2. The molecule has 132 valence electrons. The molecule has 1 fully saturated rings. The molecule has 1 amide bonds. The summed E-state index contributed by atoms with van der Waals surface area (Å²) in [5, 5.41) is 6.01. The Kier molecular flexibility index (Phi) is 7.39. The first-order chi connectivity index (χ1) is 11.7. The molecule has 4 N–H and O–H groups in total. The van der Waals surface area contributed by atoms with Gasteiger partial charge in [-0.15, -0.1) is 0 Å². The Morgan fingerprint density at radius 3 is 2.75 bits per heavy atom. The standard InChI is InChI=1S/C18H28N4O2/c1-2-3-11-20-18(19)21-12-10-14-4-8-16(9-5-14)24-13-17(23)22-15-6-7-15/h4-5,8-9,15H,2-3,6-7,10-13H2,1H3,(H,22,23)(H3,19,20,21). The van der Waals surface area contributed by atoms with E-state index in [2.05, 4.69) is 22.5 Å². The average Bonchev–Trinajstić information content (AvgIpc) is 3.38. The highest BCUT2D eigenvalue weighted by Gasteiger charge is 2.23. The van der Waals surface area contributed by atoms with Crippen LogP contribution in [0.15, 0.2) is 29.3 Å². The molecular weight excluding hydrogens is 304 g/mol. The number of carbonyl (C=O) groups is 1. The third-order valence-electron chi connectivity index (χ3n) is 3.75. The predicted molar refractivity (Wildman–Crippen MR) is 96.2 cm³/mol. The van der Waals surface area contributed by atoms with E-state index >= 15 is 0 Å². The highest BCUT2D eigenvalue weighted by atomic mass is 16.5. The Labute approximate surface area is 143 Å². The molecule has 1 saturated carbocycles. The van der Waals surface area contributed by atoms with Crippen LogP contribution < -0.4 is 21.1 Å². The smallest absolute Gasteiger partial charge is 0.258 e. The van der Waals surface area contributed by atoms with Gasteiger partial charge >= 0.3 is 0 Å². The quantitative estimate of drug-likeness (QED) is 0.345. The van der Waals surface area contributed by atoms with Crippen molar-refractivity contribution in [1.29, 1.82) is 0 Å². The zero-order valence-electron chi connectivity index (χ0n) is 14.4. The summed E-state index contributed by atoms with van der Waals surface area (Å²) in [4.78, 5) is 15.8. The van der Waals surface area contributed by atoms with Crippen molar-refractivity contribution < 1.29 is 9.53 Å². The van der Waals surface area contributed by atoms with Crippen molar-refractivity contribution in [1.82, 2.24) is 10.6 Å². The minimum atomic E-state index is -0.0522.